The predicted octanol–water partition coefficient (Wildman–Crippen LogP) is 3.78. The zero-order valence-corrected chi connectivity index (χ0v) is 15.6. The summed E-state index contributed by atoms with van der Waals surface area (Å²) >= 11 is 0. The van der Waals surface area contributed by atoms with Crippen LogP contribution < -0.4 is 10.2 Å². The Kier molecular flexibility index (Phi) is 6.20. The number of carbonyl (C=O) groups excluding carboxylic acids is 1. The second kappa shape index (κ2) is 8.98. The summed E-state index contributed by atoms with van der Waals surface area (Å²) in [4.78, 5) is 24.5. The highest BCUT2D eigenvalue weighted by atomic mass is 16.1. The number of nitrogens with one attached hydrogen (secondary N) is 2. The largest absolute Gasteiger partial charge is 0.370 e. The van der Waals surface area contributed by atoms with Gasteiger partial charge in [0, 0.05) is 56.7 Å². The molecule has 0 radical (unpaired) electrons. The lowest BCUT2D eigenvalue weighted by Gasteiger charge is -2.28. The van der Waals surface area contributed by atoms with Crippen molar-refractivity contribution in [2.45, 2.75) is 19.3 Å². The lowest BCUT2D eigenvalue weighted by molar-refractivity contribution is -0.116. The van der Waals surface area contributed by atoms with Crippen molar-refractivity contribution in [2.24, 2.45) is 0 Å². The first-order chi connectivity index (χ1) is 13.2. The fourth-order valence-corrected chi connectivity index (χ4v) is 3.18. The Morgan fingerprint density at radius 1 is 1.33 bits per heavy atom. The van der Waals surface area contributed by atoms with E-state index in [1.165, 1.54) is 42.0 Å². The number of pyridine rings is 2. The first-order valence-corrected chi connectivity index (χ1v) is 9.19. The number of anilines is 1. The van der Waals surface area contributed by atoms with E-state index >= 15 is 0 Å². The standard InChI is InChI=1S/C17H18N4.C4H7NO.H2/c1-2-7-21(8-3-1)14-9-15-16(12-20-17(15)19-11-14)13-5-4-6-18-10-13;1-3-4(6)5-2;/h4-6,9-12H,1-3,7-8H2,(H,19,20);3H,1H2,2H3,(H,5,6);1H. The molecule has 0 atom stereocenters. The molecular weight excluding hydrogens is 338 g/mol. The van der Waals surface area contributed by atoms with Gasteiger partial charge in [-0.3, -0.25) is 9.78 Å². The van der Waals surface area contributed by atoms with Gasteiger partial charge >= 0.3 is 0 Å². The van der Waals surface area contributed by atoms with Gasteiger partial charge in [0.15, 0.2) is 0 Å². The quantitative estimate of drug-likeness (QED) is 0.693. The number of hydrogen-bond acceptors (Lipinski definition) is 4. The molecule has 1 aliphatic rings. The molecule has 1 fully saturated rings. The van der Waals surface area contributed by atoms with Crippen molar-refractivity contribution in [1.82, 2.24) is 20.3 Å². The predicted molar refractivity (Wildman–Crippen MR) is 112 cm³/mol. The summed E-state index contributed by atoms with van der Waals surface area (Å²) in [6.07, 6.45) is 12.8. The van der Waals surface area contributed by atoms with E-state index in [2.05, 4.69) is 43.9 Å². The maximum atomic E-state index is 9.95. The van der Waals surface area contributed by atoms with Gasteiger partial charge in [-0.15, -0.1) is 0 Å². The molecule has 0 spiro atoms. The van der Waals surface area contributed by atoms with E-state index in [9.17, 15) is 4.79 Å². The molecule has 2 N–H and O–H groups in total. The van der Waals surface area contributed by atoms with Crippen LogP contribution in [0.5, 0.6) is 0 Å². The fourth-order valence-electron chi connectivity index (χ4n) is 3.18. The Labute approximate surface area is 160 Å². The molecule has 0 unspecified atom stereocenters. The topological polar surface area (TPSA) is 73.9 Å². The SMILES string of the molecule is C=CC(=O)NC.[HH].c1cncc(-c2c[nH]c3ncc(N4CCCCC4)cc23)c1. The normalized spacial score (nSPS) is 13.6. The fraction of sp³-hybridized carbons (Fsp3) is 0.286. The third-order valence-corrected chi connectivity index (χ3v) is 4.64. The molecule has 1 saturated heterocycles. The lowest BCUT2D eigenvalue weighted by Crippen LogP contribution is -2.29. The molecule has 0 aromatic carbocycles. The summed E-state index contributed by atoms with van der Waals surface area (Å²) in [5.41, 5.74) is 4.47. The molecule has 1 aliphatic heterocycles. The van der Waals surface area contributed by atoms with Crippen LogP contribution in [0.25, 0.3) is 22.2 Å². The number of nitrogens with zero attached hydrogens (tertiary/aromatic N) is 3. The minimum absolute atomic E-state index is 0. The summed E-state index contributed by atoms with van der Waals surface area (Å²) in [6, 6.07) is 6.31. The zero-order chi connectivity index (χ0) is 19.1. The summed E-state index contributed by atoms with van der Waals surface area (Å²) in [6.45, 7) is 5.50. The highest BCUT2D eigenvalue weighted by Gasteiger charge is 2.14. The number of fused-ring (bicyclic) bond motifs is 1. The number of aromatic nitrogens is 3. The minimum Gasteiger partial charge on any atom is -0.370 e. The molecule has 27 heavy (non-hydrogen) atoms. The Morgan fingerprint density at radius 3 is 2.78 bits per heavy atom. The third-order valence-electron chi connectivity index (χ3n) is 4.64. The first-order valence-electron chi connectivity index (χ1n) is 9.19. The van der Waals surface area contributed by atoms with Crippen molar-refractivity contribution in [1.29, 1.82) is 0 Å². The van der Waals surface area contributed by atoms with Crippen LogP contribution in [-0.2, 0) is 4.79 Å². The Balaban J connectivity index is 0.000000353. The average Bonchev–Trinajstić information content (AvgIpc) is 3.18. The molecule has 0 aliphatic carbocycles. The van der Waals surface area contributed by atoms with Gasteiger partial charge in [-0.05, 0) is 37.5 Å². The molecule has 0 saturated carbocycles. The van der Waals surface area contributed by atoms with Crippen molar-refractivity contribution >= 4 is 22.6 Å². The van der Waals surface area contributed by atoms with Crippen LogP contribution in [0, 0.1) is 0 Å². The number of amides is 1. The van der Waals surface area contributed by atoms with Gasteiger partial charge in [0.2, 0.25) is 5.91 Å². The highest BCUT2D eigenvalue weighted by Crippen LogP contribution is 2.30. The number of likely N-dealkylation sites (N-methyl/N-ethyl adjacent to an activating group) is 1. The molecule has 4 rings (SSSR count). The molecule has 1 amide bonds. The average molecular weight is 365 g/mol. The Bertz CT molecular complexity index is 904. The van der Waals surface area contributed by atoms with Gasteiger partial charge < -0.3 is 15.2 Å². The van der Waals surface area contributed by atoms with Crippen molar-refractivity contribution in [3.05, 3.63) is 55.6 Å². The van der Waals surface area contributed by atoms with Crippen LogP contribution in [0.3, 0.4) is 0 Å². The molecular formula is C21H27N5O. The van der Waals surface area contributed by atoms with Crippen molar-refractivity contribution in [3.63, 3.8) is 0 Å². The van der Waals surface area contributed by atoms with E-state index in [0.29, 0.717) is 0 Å². The highest BCUT2D eigenvalue weighted by molar-refractivity contribution is 5.95. The van der Waals surface area contributed by atoms with Gasteiger partial charge in [-0.25, -0.2) is 4.98 Å². The van der Waals surface area contributed by atoms with Crippen molar-refractivity contribution in [3.8, 4) is 11.1 Å². The van der Waals surface area contributed by atoms with Crippen LogP contribution in [0.2, 0.25) is 0 Å². The third kappa shape index (κ3) is 4.53. The second-order valence-corrected chi connectivity index (χ2v) is 6.40. The summed E-state index contributed by atoms with van der Waals surface area (Å²) in [7, 11) is 1.56. The minimum atomic E-state index is -0.144. The number of rotatable bonds is 3. The first kappa shape index (κ1) is 18.6. The van der Waals surface area contributed by atoms with Crippen molar-refractivity contribution < 1.29 is 6.22 Å². The molecule has 3 aromatic rings. The smallest absolute Gasteiger partial charge is 0.243 e. The van der Waals surface area contributed by atoms with Gasteiger partial charge in [0.05, 0.1) is 11.9 Å². The zero-order valence-electron chi connectivity index (χ0n) is 15.6. The lowest BCUT2D eigenvalue weighted by atomic mass is 10.1. The van der Waals surface area contributed by atoms with E-state index < -0.39 is 0 Å². The summed E-state index contributed by atoms with van der Waals surface area (Å²) < 4.78 is 0. The van der Waals surface area contributed by atoms with Gasteiger partial charge in [0.25, 0.3) is 0 Å². The second-order valence-electron chi connectivity index (χ2n) is 6.40. The Hall–Kier alpha value is -3.15. The molecule has 3 aromatic heterocycles. The number of piperidine rings is 1. The number of hydrogen-bond donors (Lipinski definition) is 2. The van der Waals surface area contributed by atoms with Crippen LogP contribution in [-0.4, -0.2) is 41.0 Å². The number of aromatic amines is 1. The van der Waals surface area contributed by atoms with E-state index in [0.717, 1.165) is 24.3 Å². The summed E-state index contributed by atoms with van der Waals surface area (Å²) in [5.74, 6) is -0.144. The maximum Gasteiger partial charge on any atom is 0.243 e. The molecule has 0 bridgehead atoms. The number of carbonyl (C=O) groups is 1. The summed E-state index contributed by atoms with van der Waals surface area (Å²) in [5, 5.41) is 3.53. The van der Waals surface area contributed by atoms with Crippen LogP contribution in [0.4, 0.5) is 5.69 Å². The number of H-pyrrole nitrogens is 1. The van der Waals surface area contributed by atoms with E-state index in [-0.39, 0.29) is 7.33 Å². The molecule has 142 valence electrons. The van der Waals surface area contributed by atoms with E-state index in [1.54, 1.807) is 13.2 Å². The van der Waals surface area contributed by atoms with Crippen LogP contribution >= 0.6 is 0 Å². The van der Waals surface area contributed by atoms with E-state index in [4.69, 9.17) is 0 Å². The monoisotopic (exact) mass is 365 g/mol. The van der Waals surface area contributed by atoms with Crippen LogP contribution in [0.15, 0.2) is 55.6 Å². The van der Waals surface area contributed by atoms with Crippen molar-refractivity contribution in [2.75, 3.05) is 25.0 Å². The maximum absolute atomic E-state index is 9.95. The Morgan fingerprint density at radius 2 is 2.15 bits per heavy atom. The van der Waals surface area contributed by atoms with Gasteiger partial charge in [-0.2, -0.15) is 0 Å². The van der Waals surface area contributed by atoms with E-state index in [1.807, 2.05) is 24.7 Å². The van der Waals surface area contributed by atoms with Crippen LogP contribution in [0.1, 0.15) is 20.7 Å². The van der Waals surface area contributed by atoms with Gasteiger partial charge in [-0.1, -0.05) is 12.6 Å². The molecule has 6 nitrogen and oxygen atoms in total. The molecule has 4 heterocycles. The molecule has 6 heteroatoms. The van der Waals surface area contributed by atoms with Gasteiger partial charge in [0.1, 0.15) is 5.65 Å².